The molecular formula is C89H106N6+6. The molecule has 0 aliphatic heterocycles. The third-order valence-corrected chi connectivity index (χ3v) is 18.5. The second kappa shape index (κ2) is 33.4. The fourth-order valence-electron chi connectivity index (χ4n) is 12.7. The van der Waals surface area contributed by atoms with Crippen LogP contribution in [0.2, 0.25) is 0 Å². The van der Waals surface area contributed by atoms with Crippen molar-refractivity contribution in [3.05, 3.63) is 320 Å². The fourth-order valence-corrected chi connectivity index (χ4v) is 12.7. The van der Waals surface area contributed by atoms with Gasteiger partial charge in [-0.05, 0) is 222 Å². The number of pyridine rings is 6. The molecule has 0 aliphatic carbocycles. The van der Waals surface area contributed by atoms with Gasteiger partial charge in [-0.2, -0.15) is 0 Å². The average molecular weight is 1260 g/mol. The molecule has 486 valence electrons. The van der Waals surface area contributed by atoms with Crippen molar-refractivity contribution in [2.24, 2.45) is 42.3 Å². The van der Waals surface area contributed by atoms with Crippen molar-refractivity contribution in [1.82, 2.24) is 0 Å². The summed E-state index contributed by atoms with van der Waals surface area (Å²) in [4.78, 5) is 0. The van der Waals surface area contributed by atoms with E-state index in [4.69, 9.17) is 0 Å². The Labute approximate surface area is 571 Å². The quantitative estimate of drug-likeness (QED) is 0.148. The summed E-state index contributed by atoms with van der Waals surface area (Å²) in [5.74, 6) is 0. The van der Waals surface area contributed by atoms with Gasteiger partial charge in [0.1, 0.15) is 42.3 Å². The monoisotopic (exact) mass is 1260 g/mol. The molecule has 6 aromatic carbocycles. The van der Waals surface area contributed by atoms with Gasteiger partial charge in [0.15, 0.2) is 37.2 Å². The van der Waals surface area contributed by atoms with Crippen LogP contribution in [0.5, 0.6) is 0 Å². The molecule has 12 rings (SSSR count). The highest BCUT2D eigenvalue weighted by molar-refractivity contribution is 5.68. The van der Waals surface area contributed by atoms with Crippen LogP contribution in [0.1, 0.15) is 94.6 Å². The first kappa shape index (κ1) is 72.6. The summed E-state index contributed by atoms with van der Waals surface area (Å²) in [5.41, 5.74) is 38.4. The first-order chi connectivity index (χ1) is 45.2. The minimum atomic E-state index is 1.27. The molecule has 6 nitrogen and oxygen atoms in total. The maximum absolute atomic E-state index is 2.26. The van der Waals surface area contributed by atoms with E-state index < -0.39 is 0 Å². The van der Waals surface area contributed by atoms with Gasteiger partial charge in [-0.3, -0.25) is 0 Å². The number of aromatic nitrogens is 6. The van der Waals surface area contributed by atoms with Crippen LogP contribution in [0.4, 0.5) is 0 Å². The van der Waals surface area contributed by atoms with Gasteiger partial charge in [-0.1, -0.05) is 109 Å². The number of rotatable bonds is 6. The summed E-state index contributed by atoms with van der Waals surface area (Å²) in [7, 11) is 12.6. The summed E-state index contributed by atoms with van der Waals surface area (Å²) in [6.45, 7) is 36.8. The Morgan fingerprint density at radius 2 is 0.547 bits per heavy atom. The molecule has 0 radical (unpaired) electrons. The Morgan fingerprint density at radius 3 is 0.989 bits per heavy atom. The van der Waals surface area contributed by atoms with Crippen LogP contribution >= 0.6 is 0 Å². The Bertz CT molecular complexity index is 4600. The minimum Gasteiger partial charge on any atom is -0.201 e. The Morgan fingerprint density at radius 1 is 0.189 bits per heavy atom. The molecule has 6 heteroatoms. The number of aryl methyl sites for hydroxylation is 20. The average Bonchev–Trinajstić information content (AvgIpc) is 0.850. The van der Waals surface area contributed by atoms with Crippen molar-refractivity contribution in [1.29, 1.82) is 0 Å². The third kappa shape index (κ3) is 18.3. The normalized spacial score (nSPS) is 10.5. The molecule has 0 N–H and O–H groups in total. The Balaban J connectivity index is 0.000000161. The maximum atomic E-state index is 2.26. The van der Waals surface area contributed by atoms with Crippen LogP contribution in [0.15, 0.2) is 225 Å². The van der Waals surface area contributed by atoms with Gasteiger partial charge in [0.05, 0.1) is 0 Å². The molecule has 0 saturated heterocycles. The van der Waals surface area contributed by atoms with Gasteiger partial charge in [-0.25, -0.2) is 27.4 Å². The molecule has 0 aliphatic rings. The number of hydrogen-bond donors (Lipinski definition) is 0. The lowest BCUT2D eigenvalue weighted by Crippen LogP contribution is -2.33. The second-order valence-electron chi connectivity index (χ2n) is 26.1. The van der Waals surface area contributed by atoms with Crippen molar-refractivity contribution in [2.75, 3.05) is 0 Å². The van der Waals surface area contributed by atoms with Crippen LogP contribution in [-0.2, 0) is 42.3 Å². The van der Waals surface area contributed by atoms with Crippen molar-refractivity contribution in [3.63, 3.8) is 0 Å². The van der Waals surface area contributed by atoms with Gasteiger partial charge in [-0.15, -0.1) is 0 Å². The SMILES string of the molecule is Cc1cc(-c2ccccc2C)[n+](C)cc1C.Cc1cc(C)c(-c2ccccc2C)[n+](C)c1.Cc1cc[n+](C)c(-c2ccccc2C)c1.Cc1ccccc1-c1c(C)c(C)c(C)c[n+]1C.Cc1ccccc1-c1c(C)c(C)cc[n+]1C.Cc1ccccc1-c1c(C)ccc[n+]1C. The van der Waals surface area contributed by atoms with Crippen LogP contribution in [0.25, 0.3) is 67.5 Å². The van der Waals surface area contributed by atoms with E-state index in [0.717, 1.165) is 0 Å². The molecule has 6 heterocycles. The van der Waals surface area contributed by atoms with Crippen molar-refractivity contribution in [2.45, 2.75) is 118 Å². The lowest BCUT2D eigenvalue weighted by Gasteiger charge is -2.10. The molecule has 0 fully saturated rings. The minimum absolute atomic E-state index is 1.27. The smallest absolute Gasteiger partial charge is 0.201 e. The molecule has 95 heavy (non-hydrogen) atoms. The highest BCUT2D eigenvalue weighted by Gasteiger charge is 2.21. The van der Waals surface area contributed by atoms with Gasteiger partial charge in [0.25, 0.3) is 0 Å². The zero-order valence-electron chi connectivity index (χ0n) is 61.5. The molecule has 0 unspecified atom stereocenters. The zero-order chi connectivity index (χ0) is 69.4. The topological polar surface area (TPSA) is 23.3 Å². The van der Waals surface area contributed by atoms with E-state index in [1.807, 2.05) is 0 Å². The number of benzene rings is 6. The summed E-state index contributed by atoms with van der Waals surface area (Å²) in [6.07, 6.45) is 12.9. The zero-order valence-corrected chi connectivity index (χ0v) is 61.5. The molecule has 0 saturated carbocycles. The van der Waals surface area contributed by atoms with E-state index in [9.17, 15) is 0 Å². The predicted octanol–water partition coefficient (Wildman–Crippen LogP) is 18.3. The predicted molar refractivity (Wildman–Crippen MR) is 399 cm³/mol. The van der Waals surface area contributed by atoms with Crippen molar-refractivity contribution < 1.29 is 27.4 Å². The summed E-state index contributed by atoms with van der Waals surface area (Å²) in [6, 6.07) is 66.4. The number of nitrogens with zero attached hydrogens (tertiary/aromatic N) is 6. The first-order valence-electron chi connectivity index (χ1n) is 33.3. The molecular weight excluding hydrogens is 1150 g/mol. The lowest BCUT2D eigenvalue weighted by atomic mass is 9.97. The third-order valence-electron chi connectivity index (χ3n) is 18.5. The lowest BCUT2D eigenvalue weighted by molar-refractivity contribution is -0.661. The second-order valence-corrected chi connectivity index (χ2v) is 26.1. The highest BCUT2D eigenvalue weighted by atomic mass is 14.9. The van der Waals surface area contributed by atoms with Crippen LogP contribution < -0.4 is 27.4 Å². The standard InChI is InChI=1S/C16H20N.3C15H18N.2C14H16N/c1-11-8-6-7-9-15(11)16-14(4)13(3)12(2)10-17(16)5;1-11-9-13(3)15(16(4)10-11)14-8-6-5-7-12(14)2;1-11-7-5-6-8-14(11)15-9-12(2)13(3)10-16(15)4;1-11-9-10-16(4)15(13(11)3)14-8-6-5-7-12(14)2;1-11-7-4-5-9-13(11)14-12(2)8-6-10-15(14)3;1-11-8-9-15(3)14(10-11)13-7-5-4-6-12(13)2/h6-10H,1-5H3;3*5-10H,1-4H3;2*4-10H,1-3H3/q6*+1. The van der Waals surface area contributed by atoms with Gasteiger partial charge < -0.3 is 0 Å². The van der Waals surface area contributed by atoms with E-state index in [-0.39, 0.29) is 0 Å². The molecule has 0 amide bonds. The van der Waals surface area contributed by atoms with E-state index in [2.05, 4.69) is 413 Å². The van der Waals surface area contributed by atoms with Gasteiger partial charge >= 0.3 is 0 Å². The highest BCUT2D eigenvalue weighted by Crippen LogP contribution is 2.29. The largest absolute Gasteiger partial charge is 0.215 e. The van der Waals surface area contributed by atoms with E-state index in [0.29, 0.717) is 0 Å². The Kier molecular flexibility index (Phi) is 25.5. The maximum Gasteiger partial charge on any atom is 0.215 e. The molecule has 0 bridgehead atoms. The summed E-state index contributed by atoms with van der Waals surface area (Å²) >= 11 is 0. The molecule has 0 spiro atoms. The van der Waals surface area contributed by atoms with Crippen molar-refractivity contribution >= 4 is 0 Å². The first-order valence-corrected chi connectivity index (χ1v) is 33.3. The van der Waals surface area contributed by atoms with Gasteiger partial charge in [0.2, 0.25) is 34.2 Å². The van der Waals surface area contributed by atoms with Crippen molar-refractivity contribution in [3.8, 4) is 67.5 Å². The molecule has 12 aromatic rings. The van der Waals surface area contributed by atoms with Crippen LogP contribution in [0, 0.1) is 118 Å². The molecule has 0 atom stereocenters. The Hall–Kier alpha value is -9.78. The van der Waals surface area contributed by atoms with Crippen LogP contribution in [0.3, 0.4) is 0 Å². The molecule has 6 aromatic heterocycles. The summed E-state index contributed by atoms with van der Waals surface area (Å²) < 4.78 is 13.2. The van der Waals surface area contributed by atoms with E-state index in [1.54, 1.807) is 0 Å². The van der Waals surface area contributed by atoms with E-state index in [1.165, 1.54) is 162 Å². The van der Waals surface area contributed by atoms with Crippen LogP contribution in [-0.4, -0.2) is 0 Å². The fraction of sp³-hybridized carbons (Fsp3) is 0.258. The number of hydrogen-bond acceptors (Lipinski definition) is 0. The van der Waals surface area contributed by atoms with E-state index >= 15 is 0 Å². The summed E-state index contributed by atoms with van der Waals surface area (Å²) in [5, 5.41) is 0. The van der Waals surface area contributed by atoms with Gasteiger partial charge in [0, 0.05) is 103 Å².